The van der Waals surface area contributed by atoms with Crippen LogP contribution < -0.4 is 0 Å². The van der Waals surface area contributed by atoms with Crippen molar-refractivity contribution in [3.05, 3.63) is 4.91 Å². The van der Waals surface area contributed by atoms with Crippen molar-refractivity contribution in [2.24, 2.45) is 34.3 Å². The minimum Gasteiger partial charge on any atom is -0.151 e. The number of nitrogens with zero attached hydrogens (tertiary/aromatic N) is 1. The van der Waals surface area contributed by atoms with Gasteiger partial charge in [-0.25, -0.2) is 0 Å². The summed E-state index contributed by atoms with van der Waals surface area (Å²) < 4.78 is 0. The molecule has 0 aliphatic heterocycles. The first-order valence-electron chi connectivity index (χ1n) is 4.23. The van der Waals surface area contributed by atoms with Crippen molar-refractivity contribution in [3.8, 4) is 0 Å². The van der Waals surface area contributed by atoms with Crippen molar-refractivity contribution in [1.82, 2.24) is 0 Å². The van der Waals surface area contributed by atoms with Gasteiger partial charge >= 0.3 is 0 Å². The molecule has 0 amide bonds. The van der Waals surface area contributed by atoms with Gasteiger partial charge in [-0.05, 0) is 41.9 Å². The first-order chi connectivity index (χ1) is 4.90. The average Bonchev–Trinajstić information content (AvgIpc) is 2.67. The van der Waals surface area contributed by atoms with Crippen molar-refractivity contribution in [2.75, 3.05) is 0 Å². The molecule has 0 heterocycles. The second-order valence-electron chi connectivity index (χ2n) is 4.50. The summed E-state index contributed by atoms with van der Waals surface area (Å²) in [6, 6.07) is 0.244. The lowest BCUT2D eigenvalue weighted by Crippen LogP contribution is -2.23. The Balaban J connectivity index is 1.82. The maximum absolute atomic E-state index is 10.3. The van der Waals surface area contributed by atoms with E-state index < -0.39 is 0 Å². The molecule has 4 aliphatic rings. The molecule has 0 bridgehead atoms. The zero-order chi connectivity index (χ0) is 6.51. The van der Waals surface area contributed by atoms with E-state index in [0.29, 0.717) is 0 Å². The van der Waals surface area contributed by atoms with Crippen molar-refractivity contribution in [3.63, 3.8) is 0 Å². The van der Waals surface area contributed by atoms with Gasteiger partial charge in [0.25, 0.3) is 0 Å². The van der Waals surface area contributed by atoms with Crippen LogP contribution in [0.2, 0.25) is 0 Å². The monoisotopic (exact) mass is 135 g/mol. The third-order valence-corrected chi connectivity index (χ3v) is 4.72. The molecule has 4 saturated carbocycles. The minimum atomic E-state index is 0.244. The van der Waals surface area contributed by atoms with E-state index in [9.17, 15) is 4.91 Å². The standard InChI is InChI=1S/C8H9NO/c10-9-5-2-3-1-4-6-7(5)8(3,4)6/h3-7H,1-2H2. The van der Waals surface area contributed by atoms with E-state index in [-0.39, 0.29) is 6.04 Å². The van der Waals surface area contributed by atoms with Gasteiger partial charge in [-0.3, -0.25) is 0 Å². The van der Waals surface area contributed by atoms with Crippen LogP contribution in [0.15, 0.2) is 5.18 Å². The lowest BCUT2D eigenvalue weighted by Gasteiger charge is -2.29. The molecule has 0 aromatic carbocycles. The van der Waals surface area contributed by atoms with Crippen LogP contribution in [0.25, 0.3) is 0 Å². The zero-order valence-corrected chi connectivity index (χ0v) is 5.66. The number of fused-ring (bicyclic) bond motifs is 2. The molecule has 0 N–H and O–H groups in total. The highest BCUT2D eigenvalue weighted by Crippen LogP contribution is 2.99. The predicted molar refractivity (Wildman–Crippen MR) is 35.2 cm³/mol. The van der Waals surface area contributed by atoms with Crippen molar-refractivity contribution in [2.45, 2.75) is 18.9 Å². The van der Waals surface area contributed by atoms with Crippen LogP contribution in [0, 0.1) is 34.0 Å². The van der Waals surface area contributed by atoms with E-state index in [4.69, 9.17) is 0 Å². The number of hydrogen-bond donors (Lipinski definition) is 0. The summed E-state index contributed by atoms with van der Waals surface area (Å²) in [5.74, 6) is 3.80. The second-order valence-corrected chi connectivity index (χ2v) is 4.50. The molecule has 4 fully saturated rings. The van der Waals surface area contributed by atoms with Gasteiger partial charge in [0, 0.05) is 0 Å². The summed E-state index contributed by atoms with van der Waals surface area (Å²) in [5, 5.41) is 3.21. The van der Waals surface area contributed by atoms with Crippen LogP contribution in [0.5, 0.6) is 0 Å². The summed E-state index contributed by atoms with van der Waals surface area (Å²) in [4.78, 5) is 10.3. The fourth-order valence-electron chi connectivity index (χ4n) is 4.37. The number of nitroso groups, excluding NO2 is 1. The van der Waals surface area contributed by atoms with Crippen LogP contribution in [-0.2, 0) is 0 Å². The first kappa shape index (κ1) is 4.47. The van der Waals surface area contributed by atoms with E-state index in [0.717, 1.165) is 35.5 Å². The van der Waals surface area contributed by atoms with Gasteiger partial charge < -0.3 is 0 Å². The topological polar surface area (TPSA) is 29.4 Å². The molecule has 10 heavy (non-hydrogen) atoms. The molecular weight excluding hydrogens is 126 g/mol. The van der Waals surface area contributed by atoms with Crippen LogP contribution in [-0.4, -0.2) is 6.04 Å². The smallest absolute Gasteiger partial charge is 0.0959 e. The Morgan fingerprint density at radius 2 is 2.20 bits per heavy atom. The third-order valence-electron chi connectivity index (χ3n) is 4.72. The number of rotatable bonds is 1. The second kappa shape index (κ2) is 0.892. The Kier molecular flexibility index (Phi) is 0.399. The lowest BCUT2D eigenvalue weighted by molar-refractivity contribution is 0.188. The quantitative estimate of drug-likeness (QED) is 0.500. The zero-order valence-electron chi connectivity index (χ0n) is 5.66. The molecule has 6 atom stereocenters. The largest absolute Gasteiger partial charge is 0.151 e. The van der Waals surface area contributed by atoms with Gasteiger partial charge in [0.2, 0.25) is 0 Å². The predicted octanol–water partition coefficient (Wildman–Crippen LogP) is 1.41. The fourth-order valence-corrected chi connectivity index (χ4v) is 4.37. The van der Waals surface area contributed by atoms with E-state index in [1.165, 1.54) is 6.42 Å². The van der Waals surface area contributed by atoms with Gasteiger partial charge in [-0.15, -0.1) is 0 Å². The molecule has 0 radical (unpaired) electrons. The molecular formula is C8H9NO. The molecule has 0 aromatic heterocycles. The van der Waals surface area contributed by atoms with Crippen LogP contribution in [0.3, 0.4) is 0 Å². The molecule has 6 unspecified atom stereocenters. The van der Waals surface area contributed by atoms with Gasteiger partial charge in [0.05, 0.1) is 6.04 Å². The average molecular weight is 135 g/mol. The van der Waals surface area contributed by atoms with Crippen molar-refractivity contribution < 1.29 is 0 Å². The first-order valence-corrected chi connectivity index (χ1v) is 4.23. The maximum Gasteiger partial charge on any atom is 0.0959 e. The summed E-state index contributed by atoms with van der Waals surface area (Å²) in [6.45, 7) is 0. The molecule has 4 aliphatic carbocycles. The molecule has 4 rings (SSSR count). The molecule has 52 valence electrons. The van der Waals surface area contributed by atoms with Crippen LogP contribution in [0.4, 0.5) is 0 Å². The Bertz CT molecular complexity index is 252. The summed E-state index contributed by atoms with van der Waals surface area (Å²) in [6.07, 6.45) is 2.58. The van der Waals surface area contributed by atoms with E-state index in [2.05, 4.69) is 5.18 Å². The van der Waals surface area contributed by atoms with Crippen LogP contribution >= 0.6 is 0 Å². The Morgan fingerprint density at radius 3 is 2.70 bits per heavy atom. The summed E-state index contributed by atoms with van der Waals surface area (Å²) >= 11 is 0. The fraction of sp³-hybridized carbons (Fsp3) is 1.00. The van der Waals surface area contributed by atoms with Crippen LogP contribution in [0.1, 0.15) is 12.8 Å². The number of hydrogen-bond acceptors (Lipinski definition) is 2. The highest BCUT2D eigenvalue weighted by molar-refractivity contribution is 5.45. The highest BCUT2D eigenvalue weighted by atomic mass is 16.3. The van der Waals surface area contributed by atoms with E-state index in [1.54, 1.807) is 0 Å². The molecule has 1 spiro atoms. The highest BCUT2D eigenvalue weighted by Gasteiger charge is 2.97. The molecule has 0 saturated heterocycles. The van der Waals surface area contributed by atoms with Gasteiger partial charge in [-0.2, -0.15) is 4.91 Å². The van der Waals surface area contributed by atoms with Crippen molar-refractivity contribution >= 4 is 0 Å². The maximum atomic E-state index is 10.3. The Morgan fingerprint density at radius 1 is 1.30 bits per heavy atom. The normalized spacial score (nSPS) is 79.0. The van der Waals surface area contributed by atoms with E-state index >= 15 is 0 Å². The SMILES string of the molecule is O=NC1CC2CC3C4C1C234. The van der Waals surface area contributed by atoms with Gasteiger partial charge in [-0.1, -0.05) is 5.18 Å². The summed E-state index contributed by atoms with van der Waals surface area (Å²) in [7, 11) is 0. The van der Waals surface area contributed by atoms with Gasteiger partial charge in [0.1, 0.15) is 0 Å². The van der Waals surface area contributed by atoms with E-state index in [1.807, 2.05) is 0 Å². The third kappa shape index (κ3) is 0.191. The molecule has 2 heteroatoms. The molecule has 2 nitrogen and oxygen atoms in total. The lowest BCUT2D eigenvalue weighted by atomic mass is 9.75. The Hall–Kier alpha value is -0.400. The Labute approximate surface area is 59.0 Å². The van der Waals surface area contributed by atoms with Crippen molar-refractivity contribution in [1.29, 1.82) is 0 Å². The van der Waals surface area contributed by atoms with Gasteiger partial charge in [0.15, 0.2) is 0 Å². The minimum absolute atomic E-state index is 0.244. The summed E-state index contributed by atoms with van der Waals surface area (Å²) in [5.41, 5.74) is 0.762. The molecule has 0 aromatic rings.